The molecule has 0 fully saturated rings. The minimum Gasteiger partial charge on any atom is -0.468 e. The maximum absolute atomic E-state index is 11.2. The number of esters is 1. The second-order valence-electron chi connectivity index (χ2n) is 2.97. The van der Waals surface area contributed by atoms with Gasteiger partial charge in [0, 0.05) is 4.47 Å². The topological polar surface area (TPSA) is 52.3 Å². The quantitative estimate of drug-likeness (QED) is 0.824. The first-order chi connectivity index (χ1) is 6.57. The van der Waals surface area contributed by atoms with Crippen molar-refractivity contribution in [2.45, 2.75) is 13.0 Å². The van der Waals surface area contributed by atoms with Crippen molar-refractivity contribution in [3.05, 3.63) is 33.8 Å². The first-order valence-electron chi connectivity index (χ1n) is 4.16. The van der Waals surface area contributed by atoms with E-state index in [1.165, 1.54) is 7.11 Å². The third-order valence-electron chi connectivity index (χ3n) is 2.04. The number of hydrogen-bond donors (Lipinski definition) is 1. The molecule has 0 heterocycles. The molecule has 0 saturated carbocycles. The lowest BCUT2D eigenvalue weighted by Crippen LogP contribution is -2.23. The van der Waals surface area contributed by atoms with Gasteiger partial charge in [-0.1, -0.05) is 28.1 Å². The number of benzene rings is 1. The molecule has 76 valence electrons. The molecule has 4 heteroatoms. The fourth-order valence-corrected chi connectivity index (χ4v) is 2.00. The smallest absolute Gasteiger partial charge is 0.327 e. The van der Waals surface area contributed by atoms with Gasteiger partial charge in [-0.05, 0) is 24.1 Å². The molecule has 1 unspecified atom stereocenters. The second-order valence-corrected chi connectivity index (χ2v) is 3.83. The van der Waals surface area contributed by atoms with Gasteiger partial charge in [0.25, 0.3) is 0 Å². The van der Waals surface area contributed by atoms with E-state index < -0.39 is 12.0 Å². The maximum Gasteiger partial charge on any atom is 0.327 e. The monoisotopic (exact) mass is 257 g/mol. The zero-order chi connectivity index (χ0) is 10.7. The van der Waals surface area contributed by atoms with Crippen LogP contribution in [0.1, 0.15) is 17.2 Å². The zero-order valence-electron chi connectivity index (χ0n) is 8.08. The second kappa shape index (κ2) is 4.57. The van der Waals surface area contributed by atoms with E-state index in [4.69, 9.17) is 5.73 Å². The van der Waals surface area contributed by atoms with E-state index in [1.54, 1.807) is 0 Å². The lowest BCUT2D eigenvalue weighted by Gasteiger charge is -2.14. The van der Waals surface area contributed by atoms with Gasteiger partial charge in [0.2, 0.25) is 0 Å². The normalized spacial score (nSPS) is 12.3. The van der Waals surface area contributed by atoms with E-state index >= 15 is 0 Å². The number of hydrogen-bond acceptors (Lipinski definition) is 3. The molecule has 0 aliphatic rings. The average Bonchev–Trinajstić information content (AvgIpc) is 2.16. The molecule has 0 aliphatic heterocycles. The molecule has 0 aliphatic carbocycles. The Morgan fingerprint density at radius 3 is 2.71 bits per heavy atom. The van der Waals surface area contributed by atoms with Crippen LogP contribution in [0, 0.1) is 6.92 Å². The number of rotatable bonds is 2. The van der Waals surface area contributed by atoms with Crippen LogP contribution in [0.2, 0.25) is 0 Å². The summed E-state index contributed by atoms with van der Waals surface area (Å²) in [5.41, 5.74) is 7.49. The lowest BCUT2D eigenvalue weighted by molar-refractivity contribution is -0.142. The summed E-state index contributed by atoms with van der Waals surface area (Å²) in [5, 5.41) is 0. The number of carbonyl (C=O) groups is 1. The number of nitrogens with two attached hydrogens (primary N) is 1. The minimum atomic E-state index is -0.726. The van der Waals surface area contributed by atoms with E-state index in [0.29, 0.717) is 0 Å². The molecule has 1 aromatic rings. The summed E-state index contributed by atoms with van der Waals surface area (Å²) in [6.45, 7) is 1.91. The molecule has 1 aromatic carbocycles. The Bertz CT molecular complexity index is 332. The van der Waals surface area contributed by atoms with Crippen LogP contribution in [0.15, 0.2) is 22.7 Å². The maximum atomic E-state index is 11.2. The first kappa shape index (κ1) is 11.2. The highest BCUT2D eigenvalue weighted by molar-refractivity contribution is 9.10. The lowest BCUT2D eigenvalue weighted by atomic mass is 10.0. The molecule has 0 aromatic heterocycles. The van der Waals surface area contributed by atoms with Crippen molar-refractivity contribution in [2.75, 3.05) is 7.11 Å². The van der Waals surface area contributed by atoms with Crippen molar-refractivity contribution >= 4 is 21.9 Å². The van der Waals surface area contributed by atoms with Gasteiger partial charge in [-0.2, -0.15) is 0 Å². The molecule has 1 atom stereocenters. The van der Waals surface area contributed by atoms with Crippen molar-refractivity contribution in [1.29, 1.82) is 0 Å². The predicted octanol–water partition coefficient (Wildman–Crippen LogP) is 1.93. The van der Waals surface area contributed by atoms with Gasteiger partial charge in [0.1, 0.15) is 6.04 Å². The van der Waals surface area contributed by atoms with Gasteiger partial charge >= 0.3 is 5.97 Å². The number of aryl methyl sites for hydroxylation is 1. The van der Waals surface area contributed by atoms with Gasteiger partial charge in [-0.25, -0.2) is 0 Å². The number of ether oxygens (including phenoxy) is 1. The summed E-state index contributed by atoms with van der Waals surface area (Å²) in [7, 11) is 1.33. The van der Waals surface area contributed by atoms with E-state index in [9.17, 15) is 4.79 Å². The summed E-state index contributed by atoms with van der Waals surface area (Å²) >= 11 is 3.36. The molecule has 2 N–H and O–H groups in total. The fourth-order valence-electron chi connectivity index (χ4n) is 1.28. The Morgan fingerprint density at radius 2 is 2.21 bits per heavy atom. The van der Waals surface area contributed by atoms with Crippen LogP contribution in [-0.4, -0.2) is 13.1 Å². The van der Waals surface area contributed by atoms with Crippen molar-refractivity contribution < 1.29 is 9.53 Å². The summed E-state index contributed by atoms with van der Waals surface area (Å²) in [5.74, 6) is -0.431. The fraction of sp³-hybridized carbons (Fsp3) is 0.300. The van der Waals surface area contributed by atoms with Crippen LogP contribution in [0.25, 0.3) is 0 Å². The van der Waals surface area contributed by atoms with Gasteiger partial charge in [0.15, 0.2) is 0 Å². The molecule has 0 radical (unpaired) electrons. The third kappa shape index (κ3) is 2.13. The van der Waals surface area contributed by atoms with E-state index in [0.717, 1.165) is 15.6 Å². The van der Waals surface area contributed by atoms with Crippen LogP contribution in [0.5, 0.6) is 0 Å². The summed E-state index contributed by atoms with van der Waals surface area (Å²) in [6, 6.07) is 4.93. The Hall–Kier alpha value is -0.870. The van der Waals surface area contributed by atoms with Crippen molar-refractivity contribution in [3.63, 3.8) is 0 Å². The van der Waals surface area contributed by atoms with E-state index in [1.807, 2.05) is 25.1 Å². The van der Waals surface area contributed by atoms with Crippen LogP contribution in [-0.2, 0) is 9.53 Å². The predicted molar refractivity (Wildman–Crippen MR) is 57.8 cm³/mol. The Kier molecular flexibility index (Phi) is 3.66. The molecular weight excluding hydrogens is 246 g/mol. The van der Waals surface area contributed by atoms with Crippen molar-refractivity contribution in [3.8, 4) is 0 Å². The molecule has 3 nitrogen and oxygen atoms in total. The van der Waals surface area contributed by atoms with Crippen molar-refractivity contribution in [2.24, 2.45) is 5.73 Å². The highest BCUT2D eigenvalue weighted by Gasteiger charge is 2.20. The average molecular weight is 258 g/mol. The summed E-state index contributed by atoms with van der Waals surface area (Å²) in [4.78, 5) is 11.2. The van der Waals surface area contributed by atoms with Gasteiger partial charge < -0.3 is 10.5 Å². The molecular formula is C10H12BrNO2. The molecule has 0 amide bonds. The molecule has 0 bridgehead atoms. The molecule has 0 spiro atoms. The third-order valence-corrected chi connectivity index (χ3v) is 2.73. The van der Waals surface area contributed by atoms with Crippen LogP contribution in [0.3, 0.4) is 0 Å². The minimum absolute atomic E-state index is 0.431. The van der Waals surface area contributed by atoms with Gasteiger partial charge in [-0.3, -0.25) is 4.79 Å². The Morgan fingerprint density at radius 1 is 1.57 bits per heavy atom. The van der Waals surface area contributed by atoms with Gasteiger partial charge in [0.05, 0.1) is 7.11 Å². The van der Waals surface area contributed by atoms with Crippen molar-refractivity contribution in [1.82, 2.24) is 0 Å². The summed E-state index contributed by atoms with van der Waals surface area (Å²) < 4.78 is 5.42. The molecule has 1 rings (SSSR count). The number of methoxy groups -OCH3 is 1. The Labute approximate surface area is 91.4 Å². The number of carbonyl (C=O) groups excluding carboxylic acids is 1. The SMILES string of the molecule is COC(=O)C(N)c1c(C)cccc1Br. The summed E-state index contributed by atoms with van der Waals surface area (Å²) in [6.07, 6.45) is 0. The van der Waals surface area contributed by atoms with Crippen LogP contribution >= 0.6 is 15.9 Å². The van der Waals surface area contributed by atoms with Crippen LogP contribution < -0.4 is 5.73 Å². The van der Waals surface area contributed by atoms with Gasteiger partial charge in [-0.15, -0.1) is 0 Å². The zero-order valence-corrected chi connectivity index (χ0v) is 9.67. The van der Waals surface area contributed by atoms with E-state index in [2.05, 4.69) is 20.7 Å². The highest BCUT2D eigenvalue weighted by Crippen LogP contribution is 2.25. The molecule has 14 heavy (non-hydrogen) atoms. The molecule has 0 saturated heterocycles. The largest absolute Gasteiger partial charge is 0.468 e. The highest BCUT2D eigenvalue weighted by atomic mass is 79.9. The number of halogens is 1. The van der Waals surface area contributed by atoms with E-state index in [-0.39, 0.29) is 0 Å². The first-order valence-corrected chi connectivity index (χ1v) is 4.95. The Balaban J connectivity index is 3.11. The standard InChI is InChI=1S/C10H12BrNO2/c1-6-4-3-5-7(11)8(6)9(12)10(13)14-2/h3-5,9H,12H2,1-2H3. The van der Waals surface area contributed by atoms with Crippen LogP contribution in [0.4, 0.5) is 0 Å².